The second-order valence-corrected chi connectivity index (χ2v) is 9.10. The van der Waals surface area contributed by atoms with Crippen LogP contribution in [0.4, 0.5) is 5.69 Å². The Kier molecular flexibility index (Phi) is 5.04. The minimum absolute atomic E-state index is 0.129. The Morgan fingerprint density at radius 2 is 1.82 bits per heavy atom. The molecule has 1 aromatic carbocycles. The second kappa shape index (κ2) is 8.20. The van der Waals surface area contributed by atoms with Gasteiger partial charge in [0.05, 0.1) is 23.1 Å². The van der Waals surface area contributed by atoms with Crippen molar-refractivity contribution in [2.24, 2.45) is 0 Å². The van der Waals surface area contributed by atoms with E-state index in [2.05, 4.69) is 47.8 Å². The molecule has 7 nitrogen and oxygen atoms in total. The molecule has 1 saturated heterocycles. The van der Waals surface area contributed by atoms with Gasteiger partial charge in [-0.05, 0) is 52.3 Å². The Bertz CT molecular complexity index is 1460. The molecule has 0 spiro atoms. The Morgan fingerprint density at radius 1 is 0.970 bits per heavy atom. The predicted octanol–water partition coefficient (Wildman–Crippen LogP) is 4.70. The number of nitrogens with zero attached hydrogens (tertiary/aromatic N) is 3. The number of aromatic amines is 2. The lowest BCUT2D eigenvalue weighted by Crippen LogP contribution is -2.45. The van der Waals surface area contributed by atoms with E-state index in [9.17, 15) is 4.79 Å². The number of H-pyrrole nitrogens is 2. The van der Waals surface area contributed by atoms with Crippen molar-refractivity contribution in [2.75, 3.05) is 31.1 Å². The fourth-order valence-electron chi connectivity index (χ4n) is 4.55. The van der Waals surface area contributed by atoms with Crippen LogP contribution < -0.4 is 10.5 Å². The van der Waals surface area contributed by atoms with Crippen LogP contribution in [-0.2, 0) is 6.54 Å². The van der Waals surface area contributed by atoms with Gasteiger partial charge in [0.25, 0.3) is 5.56 Å². The molecule has 0 unspecified atom stereocenters. The van der Waals surface area contributed by atoms with Gasteiger partial charge in [-0.3, -0.25) is 9.69 Å². The molecule has 1 aliphatic carbocycles. The van der Waals surface area contributed by atoms with Crippen LogP contribution in [0.3, 0.4) is 0 Å². The number of piperazine rings is 1. The van der Waals surface area contributed by atoms with Gasteiger partial charge >= 0.3 is 0 Å². The molecule has 3 aliphatic rings. The van der Waals surface area contributed by atoms with Crippen LogP contribution in [0.2, 0.25) is 0 Å². The molecule has 2 aromatic heterocycles. The molecule has 0 amide bonds. The van der Waals surface area contributed by atoms with Crippen LogP contribution >= 0.6 is 15.9 Å². The Hall–Kier alpha value is -3.36. The molecule has 2 aliphatic heterocycles. The number of halogens is 1. The summed E-state index contributed by atoms with van der Waals surface area (Å²) in [5, 5.41) is 0. The molecule has 3 aromatic rings. The van der Waals surface area contributed by atoms with Crippen molar-refractivity contribution in [3.05, 3.63) is 81.4 Å². The van der Waals surface area contributed by atoms with Crippen LogP contribution in [0, 0.1) is 0 Å². The van der Waals surface area contributed by atoms with Crippen molar-refractivity contribution in [1.29, 1.82) is 0 Å². The summed E-state index contributed by atoms with van der Waals surface area (Å²) in [6.45, 7) is 4.64. The Morgan fingerprint density at radius 3 is 2.64 bits per heavy atom. The molecule has 0 bridgehead atoms. The summed E-state index contributed by atoms with van der Waals surface area (Å²) in [6.07, 6.45) is 0. The van der Waals surface area contributed by atoms with Gasteiger partial charge in [-0.25, -0.2) is 4.98 Å². The molecule has 0 saturated carbocycles. The molecular formula is C25H22BrN5O2. The van der Waals surface area contributed by atoms with Gasteiger partial charge in [-0.2, -0.15) is 0 Å². The van der Waals surface area contributed by atoms with E-state index in [-0.39, 0.29) is 5.56 Å². The zero-order valence-electron chi connectivity index (χ0n) is 17.8. The SMILES string of the molecule is O=c1[nH]c2cccccc-2c1-c1nc2ccc(N3CCN(Cc4ccc(Br)o4)CC3)cc2[nH]1. The van der Waals surface area contributed by atoms with E-state index < -0.39 is 0 Å². The molecular weight excluding hydrogens is 482 g/mol. The summed E-state index contributed by atoms with van der Waals surface area (Å²) in [5.74, 6) is 1.57. The lowest BCUT2D eigenvalue weighted by atomic mass is 10.1. The molecule has 4 heterocycles. The Labute approximate surface area is 198 Å². The zero-order chi connectivity index (χ0) is 22.4. The van der Waals surface area contributed by atoms with Crippen LogP contribution in [0.5, 0.6) is 0 Å². The summed E-state index contributed by atoms with van der Waals surface area (Å²) in [5.41, 5.74) is 5.06. The second-order valence-electron chi connectivity index (χ2n) is 8.32. The molecule has 2 N–H and O–H groups in total. The minimum Gasteiger partial charge on any atom is -0.453 e. The monoisotopic (exact) mass is 503 g/mol. The molecule has 0 radical (unpaired) electrons. The standard InChI is InChI=1S/C25H22BrN5O2/c26-22-9-7-17(33-22)15-30-10-12-31(13-11-30)16-6-8-20-21(14-16)28-24(27-20)23-18-4-2-1-3-5-19(18)29-25(23)32/h1-9,14H,10-13,15H2,(H,27,28)(H,29,32). The number of hydrogen-bond donors (Lipinski definition) is 2. The van der Waals surface area contributed by atoms with Crippen molar-refractivity contribution in [1.82, 2.24) is 19.9 Å². The van der Waals surface area contributed by atoms with Gasteiger partial charge in [0, 0.05) is 43.1 Å². The molecule has 6 rings (SSSR count). The van der Waals surface area contributed by atoms with Crippen molar-refractivity contribution >= 4 is 32.7 Å². The largest absolute Gasteiger partial charge is 0.453 e. The first-order valence-electron chi connectivity index (χ1n) is 11.0. The van der Waals surface area contributed by atoms with E-state index >= 15 is 0 Å². The van der Waals surface area contributed by atoms with E-state index in [1.165, 1.54) is 0 Å². The topological polar surface area (TPSA) is 81.2 Å². The maximum atomic E-state index is 12.7. The summed E-state index contributed by atoms with van der Waals surface area (Å²) < 4.78 is 6.42. The van der Waals surface area contributed by atoms with Crippen molar-refractivity contribution in [3.63, 3.8) is 0 Å². The first-order chi connectivity index (χ1) is 16.1. The number of fused-ring (bicyclic) bond motifs is 2. The summed E-state index contributed by atoms with van der Waals surface area (Å²) >= 11 is 3.37. The number of hydrogen-bond acceptors (Lipinski definition) is 5. The third-order valence-corrected chi connectivity index (χ3v) is 6.66. The maximum absolute atomic E-state index is 12.7. The highest BCUT2D eigenvalue weighted by Crippen LogP contribution is 2.30. The molecule has 1 fully saturated rings. The van der Waals surface area contributed by atoms with E-state index in [0.717, 1.165) is 71.1 Å². The quantitative estimate of drug-likeness (QED) is 0.371. The summed E-state index contributed by atoms with van der Waals surface area (Å²) in [7, 11) is 0. The highest BCUT2D eigenvalue weighted by molar-refractivity contribution is 9.10. The van der Waals surface area contributed by atoms with Gasteiger partial charge < -0.3 is 19.3 Å². The molecule has 8 heteroatoms. The smallest absolute Gasteiger partial charge is 0.260 e. The average molecular weight is 504 g/mol. The number of imidazole rings is 1. The van der Waals surface area contributed by atoms with Crippen LogP contribution in [-0.4, -0.2) is 46.0 Å². The van der Waals surface area contributed by atoms with Gasteiger partial charge in [0.1, 0.15) is 11.6 Å². The minimum atomic E-state index is -0.129. The Balaban J connectivity index is 1.23. The third-order valence-electron chi connectivity index (χ3n) is 6.23. The summed E-state index contributed by atoms with van der Waals surface area (Å²) in [4.78, 5) is 28.5. The van der Waals surface area contributed by atoms with Crippen molar-refractivity contribution in [3.8, 4) is 22.6 Å². The molecule has 0 atom stereocenters. The van der Waals surface area contributed by atoms with Crippen LogP contribution in [0.25, 0.3) is 33.7 Å². The predicted molar refractivity (Wildman–Crippen MR) is 133 cm³/mol. The van der Waals surface area contributed by atoms with Gasteiger partial charge in [-0.1, -0.05) is 24.3 Å². The number of furan rings is 1. The van der Waals surface area contributed by atoms with Crippen molar-refractivity contribution in [2.45, 2.75) is 6.54 Å². The fourth-order valence-corrected chi connectivity index (χ4v) is 4.89. The van der Waals surface area contributed by atoms with E-state index in [1.54, 1.807) is 0 Å². The summed E-state index contributed by atoms with van der Waals surface area (Å²) in [6, 6.07) is 19.9. The lowest BCUT2D eigenvalue weighted by Gasteiger charge is -2.35. The van der Waals surface area contributed by atoms with Crippen molar-refractivity contribution < 1.29 is 4.42 Å². The van der Waals surface area contributed by atoms with E-state index in [0.29, 0.717) is 11.4 Å². The molecule has 166 valence electrons. The fraction of sp³-hybridized carbons (Fsp3) is 0.200. The number of nitrogens with one attached hydrogen (secondary N) is 2. The first kappa shape index (κ1) is 20.3. The highest BCUT2D eigenvalue weighted by atomic mass is 79.9. The van der Waals surface area contributed by atoms with Gasteiger partial charge in [0.2, 0.25) is 0 Å². The highest BCUT2D eigenvalue weighted by Gasteiger charge is 2.21. The molecule has 33 heavy (non-hydrogen) atoms. The average Bonchev–Trinajstić information content (AvgIpc) is 3.45. The van der Waals surface area contributed by atoms with E-state index in [4.69, 9.17) is 9.40 Å². The van der Waals surface area contributed by atoms with Gasteiger partial charge in [-0.15, -0.1) is 0 Å². The maximum Gasteiger partial charge on any atom is 0.260 e. The van der Waals surface area contributed by atoms with E-state index in [1.807, 2.05) is 48.5 Å². The van der Waals surface area contributed by atoms with Crippen LogP contribution in [0.1, 0.15) is 5.76 Å². The first-order valence-corrected chi connectivity index (χ1v) is 11.8. The number of rotatable bonds is 4. The number of benzene rings is 1. The zero-order valence-corrected chi connectivity index (χ0v) is 19.4. The number of aromatic nitrogens is 3. The third kappa shape index (κ3) is 3.85. The van der Waals surface area contributed by atoms with Crippen LogP contribution in [0.15, 0.2) is 74.5 Å². The normalized spacial score (nSPS) is 15.0. The lowest BCUT2D eigenvalue weighted by molar-refractivity contribution is 0.229. The van der Waals surface area contributed by atoms with Gasteiger partial charge in [0.15, 0.2) is 4.67 Å². The number of anilines is 1.